The first-order valence-electron chi connectivity index (χ1n) is 11.4. The summed E-state index contributed by atoms with van der Waals surface area (Å²) in [4.78, 5) is 22.2. The van der Waals surface area contributed by atoms with Crippen LogP contribution in [-0.4, -0.2) is 36.6 Å². The zero-order chi connectivity index (χ0) is 28.1. The van der Waals surface area contributed by atoms with Crippen LogP contribution in [0.25, 0.3) is 6.08 Å². The van der Waals surface area contributed by atoms with E-state index in [-0.39, 0.29) is 33.8 Å². The van der Waals surface area contributed by atoms with Crippen LogP contribution in [0.3, 0.4) is 0 Å². The molecule has 3 heterocycles. The van der Waals surface area contributed by atoms with Crippen LogP contribution in [0.5, 0.6) is 17.8 Å². The second kappa shape index (κ2) is 11.5. The maximum atomic E-state index is 10.3. The Balaban J connectivity index is 0.000000274. The first-order valence-corrected chi connectivity index (χ1v) is 11.4. The Morgan fingerprint density at radius 3 is 1.39 bits per heavy atom. The van der Waals surface area contributed by atoms with Crippen molar-refractivity contribution < 1.29 is 33.4 Å². The zero-order valence-electron chi connectivity index (χ0n) is 23.0. The van der Waals surface area contributed by atoms with Gasteiger partial charge in [-0.2, -0.15) is 0 Å². The molecular formula is C26H39N3O7. The Labute approximate surface area is 212 Å². The molecule has 10 heteroatoms. The fraction of sp³-hybridized carbons (Fsp3) is 0.538. The zero-order valence-corrected chi connectivity index (χ0v) is 23.0. The van der Waals surface area contributed by atoms with Crippen molar-refractivity contribution in [2.24, 2.45) is 0 Å². The molecule has 0 aliphatic carbocycles. The molecule has 3 aromatic heterocycles. The number of nitrogens with zero attached hydrogens (tertiary/aromatic N) is 3. The van der Waals surface area contributed by atoms with Crippen LogP contribution in [0.1, 0.15) is 110 Å². The molecule has 0 amide bonds. The Hall–Kier alpha value is -3.56. The highest BCUT2D eigenvalue weighted by molar-refractivity contribution is 5.74. The van der Waals surface area contributed by atoms with E-state index >= 15 is 0 Å². The number of allylic oxidation sites excluding steroid dienone is 1. The maximum Gasteiger partial charge on any atom is 0.313 e. The summed E-state index contributed by atoms with van der Waals surface area (Å²) < 4.78 is 15.0. The van der Waals surface area contributed by atoms with Gasteiger partial charge >= 0.3 is 17.8 Å². The van der Waals surface area contributed by atoms with Gasteiger partial charge in [-0.05, 0) is 19.9 Å². The van der Waals surface area contributed by atoms with Crippen LogP contribution in [0.4, 0.5) is 0 Å². The molecule has 0 aromatic carbocycles. The SMILES string of the molecule is CC(C)(C)c1nc(C=O)c(O)o1.CC(C)(C)c1ncc(O)o1.CC(C)=Cc1nc(C(C)(C)C)oc1O. The van der Waals surface area contributed by atoms with Gasteiger partial charge in [-0.1, -0.05) is 67.9 Å². The summed E-state index contributed by atoms with van der Waals surface area (Å²) >= 11 is 0. The number of carbonyl (C=O) groups is 1. The molecule has 3 rings (SSSR count). The van der Waals surface area contributed by atoms with Gasteiger partial charge in [0.1, 0.15) is 11.9 Å². The average molecular weight is 506 g/mol. The lowest BCUT2D eigenvalue weighted by Crippen LogP contribution is -2.11. The Kier molecular flexibility index (Phi) is 9.69. The monoisotopic (exact) mass is 505 g/mol. The van der Waals surface area contributed by atoms with Gasteiger partial charge in [0.25, 0.3) is 0 Å². The normalized spacial score (nSPS) is 11.6. The predicted molar refractivity (Wildman–Crippen MR) is 135 cm³/mol. The molecule has 3 aromatic rings. The van der Waals surface area contributed by atoms with E-state index < -0.39 is 5.95 Å². The van der Waals surface area contributed by atoms with E-state index in [9.17, 15) is 9.90 Å². The van der Waals surface area contributed by atoms with Crippen molar-refractivity contribution in [1.29, 1.82) is 0 Å². The van der Waals surface area contributed by atoms with E-state index in [0.717, 1.165) is 5.57 Å². The second-order valence-corrected chi connectivity index (χ2v) is 11.5. The van der Waals surface area contributed by atoms with Crippen LogP contribution in [-0.2, 0) is 16.2 Å². The molecule has 0 bridgehead atoms. The number of aldehydes is 1. The molecule has 0 aliphatic heterocycles. The standard InChI is InChI=1S/C11H17NO2.C8H11NO3.C7H11NO2/c1-7(2)6-8-9(13)14-10(12-8)11(3,4)5;1-8(2,3)7-9-5(4-10)6(11)12-7;1-7(2,3)6-8-4-5(9)10-6/h6,13H,1-5H3;4,11H,1-3H3;4,9H,1-3H3. The maximum absolute atomic E-state index is 10.3. The van der Waals surface area contributed by atoms with E-state index in [1.165, 1.54) is 6.20 Å². The third-order valence-electron chi connectivity index (χ3n) is 4.22. The minimum Gasteiger partial charge on any atom is -0.480 e. The van der Waals surface area contributed by atoms with Gasteiger partial charge in [0, 0.05) is 16.2 Å². The van der Waals surface area contributed by atoms with Crippen molar-refractivity contribution in [3.63, 3.8) is 0 Å². The van der Waals surface area contributed by atoms with E-state index in [4.69, 9.17) is 23.5 Å². The highest BCUT2D eigenvalue weighted by Gasteiger charge is 2.24. The van der Waals surface area contributed by atoms with E-state index in [2.05, 4.69) is 15.0 Å². The molecule has 0 radical (unpaired) electrons. The summed E-state index contributed by atoms with van der Waals surface area (Å²) in [6.45, 7) is 21.4. The van der Waals surface area contributed by atoms with Gasteiger partial charge in [0.2, 0.25) is 17.7 Å². The molecule has 0 atom stereocenters. The number of carbonyl (C=O) groups excluding carboxylic acids is 1. The van der Waals surface area contributed by atoms with E-state index in [1.807, 2.05) is 76.2 Å². The van der Waals surface area contributed by atoms with Gasteiger partial charge in [0.15, 0.2) is 12.0 Å². The van der Waals surface area contributed by atoms with Crippen LogP contribution in [0, 0.1) is 0 Å². The Morgan fingerprint density at radius 1 is 0.722 bits per heavy atom. The lowest BCUT2D eigenvalue weighted by molar-refractivity contribution is 0.111. The number of aromatic nitrogens is 3. The molecule has 0 aliphatic rings. The topological polar surface area (TPSA) is 156 Å². The highest BCUT2D eigenvalue weighted by atomic mass is 16.5. The molecule has 0 saturated carbocycles. The van der Waals surface area contributed by atoms with E-state index in [0.29, 0.717) is 29.7 Å². The molecular weight excluding hydrogens is 466 g/mol. The molecule has 0 unspecified atom stereocenters. The summed E-state index contributed by atoms with van der Waals surface area (Å²) in [5.74, 6) is 0.852. The van der Waals surface area contributed by atoms with Gasteiger partial charge in [-0.25, -0.2) is 15.0 Å². The number of rotatable bonds is 2. The average Bonchev–Trinajstić information content (AvgIpc) is 3.40. The van der Waals surface area contributed by atoms with Crippen LogP contribution in [0.2, 0.25) is 0 Å². The molecule has 36 heavy (non-hydrogen) atoms. The Bertz CT molecular complexity index is 1160. The smallest absolute Gasteiger partial charge is 0.313 e. The lowest BCUT2D eigenvalue weighted by atomic mass is 9.97. The largest absolute Gasteiger partial charge is 0.480 e. The van der Waals surface area contributed by atoms with Gasteiger partial charge in [-0.3, -0.25) is 4.79 Å². The number of hydrogen-bond donors (Lipinski definition) is 3. The molecule has 3 N–H and O–H groups in total. The summed E-state index contributed by atoms with van der Waals surface area (Å²) in [7, 11) is 0. The summed E-state index contributed by atoms with van der Waals surface area (Å²) in [6.07, 6.45) is 3.57. The van der Waals surface area contributed by atoms with Crippen LogP contribution >= 0.6 is 0 Å². The number of aromatic hydroxyl groups is 3. The van der Waals surface area contributed by atoms with Crippen LogP contribution < -0.4 is 0 Å². The first kappa shape index (κ1) is 30.5. The third kappa shape index (κ3) is 9.24. The summed E-state index contributed by atoms with van der Waals surface area (Å²) in [5.41, 5.74) is 0.953. The fourth-order valence-electron chi connectivity index (χ4n) is 2.35. The van der Waals surface area contributed by atoms with Gasteiger partial charge in [-0.15, -0.1) is 0 Å². The minimum atomic E-state index is -0.407. The fourth-order valence-corrected chi connectivity index (χ4v) is 2.35. The lowest BCUT2D eigenvalue weighted by Gasteiger charge is -2.11. The Morgan fingerprint density at radius 2 is 1.14 bits per heavy atom. The van der Waals surface area contributed by atoms with Crippen molar-refractivity contribution in [3.05, 3.63) is 40.8 Å². The van der Waals surface area contributed by atoms with Crippen molar-refractivity contribution in [1.82, 2.24) is 15.0 Å². The van der Waals surface area contributed by atoms with Crippen molar-refractivity contribution in [2.75, 3.05) is 0 Å². The summed E-state index contributed by atoms with van der Waals surface area (Å²) in [6, 6.07) is 0. The molecule has 10 nitrogen and oxygen atoms in total. The first-order chi connectivity index (χ1) is 16.3. The molecule has 200 valence electrons. The van der Waals surface area contributed by atoms with Gasteiger partial charge in [0.05, 0.1) is 0 Å². The summed E-state index contributed by atoms with van der Waals surface area (Å²) in [5, 5.41) is 27.3. The van der Waals surface area contributed by atoms with Crippen molar-refractivity contribution in [2.45, 2.75) is 92.4 Å². The third-order valence-corrected chi connectivity index (χ3v) is 4.22. The predicted octanol–water partition coefficient (Wildman–Crippen LogP) is 6.27. The number of hydrogen-bond acceptors (Lipinski definition) is 10. The second-order valence-electron chi connectivity index (χ2n) is 11.5. The molecule has 0 fully saturated rings. The molecule has 0 saturated heterocycles. The quantitative estimate of drug-likeness (QED) is 0.339. The number of oxazole rings is 3. The highest BCUT2D eigenvalue weighted by Crippen LogP contribution is 2.29. The van der Waals surface area contributed by atoms with Crippen molar-refractivity contribution in [3.8, 4) is 17.8 Å². The minimum absolute atomic E-state index is 0.0417. The molecule has 0 spiro atoms. The van der Waals surface area contributed by atoms with Crippen LogP contribution in [0.15, 0.2) is 25.0 Å². The van der Waals surface area contributed by atoms with E-state index in [1.54, 1.807) is 6.08 Å². The van der Waals surface area contributed by atoms with Gasteiger partial charge < -0.3 is 28.6 Å². The van der Waals surface area contributed by atoms with Crippen molar-refractivity contribution >= 4 is 12.4 Å².